The molecule has 3 rings (SSSR count). The van der Waals surface area contributed by atoms with Crippen LogP contribution in [0.5, 0.6) is 5.75 Å². The lowest BCUT2D eigenvalue weighted by molar-refractivity contribution is -0.0498. The van der Waals surface area contributed by atoms with Crippen molar-refractivity contribution in [2.24, 2.45) is 0 Å². The summed E-state index contributed by atoms with van der Waals surface area (Å²) in [6, 6.07) is 5.90. The van der Waals surface area contributed by atoms with Crippen LogP contribution >= 0.6 is 0 Å². The third kappa shape index (κ3) is 3.76. The zero-order valence-corrected chi connectivity index (χ0v) is 14.5. The number of alkyl halides is 2. The second-order valence-electron chi connectivity index (χ2n) is 6.43. The molecule has 1 N–H and O–H groups in total. The first-order valence-electron chi connectivity index (χ1n) is 8.36. The number of hydrogen-bond acceptors (Lipinski definition) is 4. The molecule has 1 amide bonds. The molecular formula is C19H19F2NO4. The zero-order chi connectivity index (χ0) is 18.8. The van der Waals surface area contributed by atoms with Crippen LogP contribution in [0.3, 0.4) is 0 Å². The van der Waals surface area contributed by atoms with E-state index in [1.165, 1.54) is 18.2 Å². The molecule has 1 aromatic carbocycles. The summed E-state index contributed by atoms with van der Waals surface area (Å²) in [5.41, 5.74) is 0.763. The summed E-state index contributed by atoms with van der Waals surface area (Å²) >= 11 is 0. The van der Waals surface area contributed by atoms with E-state index in [1.54, 1.807) is 19.9 Å². The molecule has 1 heterocycles. The third-order valence-corrected chi connectivity index (χ3v) is 4.57. The fraction of sp³-hybridized carbons (Fsp3) is 0.368. The van der Waals surface area contributed by atoms with Crippen molar-refractivity contribution in [1.82, 2.24) is 0 Å². The molecule has 1 aromatic heterocycles. The maximum absolute atomic E-state index is 12.5. The Morgan fingerprint density at radius 2 is 1.96 bits per heavy atom. The Labute approximate surface area is 149 Å². The number of rotatable bonds is 5. The second kappa shape index (κ2) is 7.27. The number of amides is 1. The van der Waals surface area contributed by atoms with Crippen LogP contribution in [0.4, 0.5) is 14.5 Å². The fourth-order valence-corrected chi connectivity index (χ4v) is 2.94. The SMILES string of the molecule is Cc1cc(OC(F)F)ccc1NC(=O)c1c(C)cc(C2CCC2)oc1=O. The summed E-state index contributed by atoms with van der Waals surface area (Å²) in [6.07, 6.45) is 3.08. The van der Waals surface area contributed by atoms with E-state index in [-0.39, 0.29) is 17.2 Å². The Balaban J connectivity index is 1.81. The molecule has 0 spiro atoms. The molecule has 7 heteroatoms. The van der Waals surface area contributed by atoms with Crippen LogP contribution in [0.1, 0.15) is 52.4 Å². The molecule has 1 fully saturated rings. The van der Waals surface area contributed by atoms with E-state index in [4.69, 9.17) is 4.42 Å². The van der Waals surface area contributed by atoms with Gasteiger partial charge < -0.3 is 14.5 Å². The normalized spacial score (nSPS) is 14.2. The predicted octanol–water partition coefficient (Wildman–Crippen LogP) is 4.38. The highest BCUT2D eigenvalue weighted by atomic mass is 19.3. The van der Waals surface area contributed by atoms with Gasteiger partial charge in [-0.3, -0.25) is 4.79 Å². The monoisotopic (exact) mass is 363 g/mol. The summed E-state index contributed by atoms with van der Waals surface area (Å²) < 4.78 is 34.2. The van der Waals surface area contributed by atoms with Gasteiger partial charge in [-0.2, -0.15) is 8.78 Å². The fourth-order valence-electron chi connectivity index (χ4n) is 2.94. The molecule has 0 atom stereocenters. The van der Waals surface area contributed by atoms with Gasteiger partial charge >= 0.3 is 12.2 Å². The van der Waals surface area contributed by atoms with Crippen LogP contribution in [0.15, 0.2) is 33.5 Å². The van der Waals surface area contributed by atoms with Crippen molar-refractivity contribution < 1.29 is 22.7 Å². The largest absolute Gasteiger partial charge is 0.435 e. The van der Waals surface area contributed by atoms with Gasteiger partial charge in [0.25, 0.3) is 5.91 Å². The van der Waals surface area contributed by atoms with E-state index in [1.807, 2.05) is 0 Å². The maximum Gasteiger partial charge on any atom is 0.387 e. The average molecular weight is 363 g/mol. The molecule has 2 aromatic rings. The lowest BCUT2D eigenvalue weighted by Gasteiger charge is -2.24. The Kier molecular flexibility index (Phi) is 5.06. The van der Waals surface area contributed by atoms with Gasteiger partial charge in [0, 0.05) is 11.6 Å². The van der Waals surface area contributed by atoms with Crippen LogP contribution in [0, 0.1) is 13.8 Å². The summed E-state index contributed by atoms with van der Waals surface area (Å²) in [4.78, 5) is 24.8. The molecule has 5 nitrogen and oxygen atoms in total. The number of anilines is 1. The highest BCUT2D eigenvalue weighted by Gasteiger charge is 2.25. The standard InChI is InChI=1S/C19H19F2NO4/c1-10-8-13(25-19(20)21)6-7-14(10)22-17(23)16-11(2)9-15(26-18(16)24)12-4-3-5-12/h6-9,12,19H,3-5H2,1-2H3,(H,22,23). The van der Waals surface area contributed by atoms with Crippen LogP contribution in [0.25, 0.3) is 0 Å². The number of nitrogens with one attached hydrogen (secondary N) is 1. The first-order valence-corrected chi connectivity index (χ1v) is 8.36. The molecule has 0 bridgehead atoms. The maximum atomic E-state index is 12.5. The number of carbonyl (C=O) groups is 1. The molecule has 1 saturated carbocycles. The molecule has 138 valence electrons. The lowest BCUT2D eigenvalue weighted by Crippen LogP contribution is -2.24. The topological polar surface area (TPSA) is 68.5 Å². The highest BCUT2D eigenvalue weighted by molar-refractivity contribution is 6.05. The number of hydrogen-bond donors (Lipinski definition) is 1. The minimum Gasteiger partial charge on any atom is -0.435 e. The molecule has 1 aliphatic rings. The quantitative estimate of drug-likeness (QED) is 0.856. The van der Waals surface area contributed by atoms with E-state index in [9.17, 15) is 18.4 Å². The Morgan fingerprint density at radius 3 is 2.50 bits per heavy atom. The summed E-state index contributed by atoms with van der Waals surface area (Å²) in [6.45, 7) is 0.417. The van der Waals surface area contributed by atoms with Crippen molar-refractivity contribution in [1.29, 1.82) is 0 Å². The van der Waals surface area contributed by atoms with Crippen molar-refractivity contribution in [2.45, 2.75) is 45.6 Å². The van der Waals surface area contributed by atoms with Crippen molar-refractivity contribution in [3.63, 3.8) is 0 Å². The summed E-state index contributed by atoms with van der Waals surface area (Å²) in [5.74, 6) is 0.279. The van der Waals surface area contributed by atoms with Crippen molar-refractivity contribution in [2.75, 3.05) is 5.32 Å². The van der Waals surface area contributed by atoms with Gasteiger partial charge in [-0.1, -0.05) is 6.42 Å². The Morgan fingerprint density at radius 1 is 1.23 bits per heavy atom. The van der Waals surface area contributed by atoms with Gasteiger partial charge in [-0.15, -0.1) is 0 Å². The van der Waals surface area contributed by atoms with E-state index >= 15 is 0 Å². The molecule has 26 heavy (non-hydrogen) atoms. The van der Waals surface area contributed by atoms with Gasteiger partial charge in [-0.05, 0) is 62.1 Å². The number of carbonyl (C=O) groups excluding carboxylic acids is 1. The first kappa shape index (κ1) is 18.1. The van der Waals surface area contributed by atoms with Crippen LogP contribution < -0.4 is 15.7 Å². The van der Waals surface area contributed by atoms with Crippen molar-refractivity contribution in [3.8, 4) is 5.75 Å². The van der Waals surface area contributed by atoms with E-state index in [0.717, 1.165) is 19.3 Å². The average Bonchev–Trinajstić information content (AvgIpc) is 2.47. The van der Waals surface area contributed by atoms with E-state index < -0.39 is 18.1 Å². The number of ether oxygens (including phenoxy) is 1. The van der Waals surface area contributed by atoms with Gasteiger partial charge in [0.05, 0.1) is 0 Å². The van der Waals surface area contributed by atoms with Crippen LogP contribution in [-0.2, 0) is 0 Å². The van der Waals surface area contributed by atoms with Crippen molar-refractivity contribution >= 4 is 11.6 Å². The molecule has 0 saturated heterocycles. The molecule has 0 radical (unpaired) electrons. The number of halogens is 2. The predicted molar refractivity (Wildman–Crippen MR) is 92.1 cm³/mol. The molecular weight excluding hydrogens is 344 g/mol. The second-order valence-corrected chi connectivity index (χ2v) is 6.43. The molecule has 0 unspecified atom stereocenters. The first-order chi connectivity index (χ1) is 12.3. The van der Waals surface area contributed by atoms with E-state index in [2.05, 4.69) is 10.1 Å². The van der Waals surface area contributed by atoms with Crippen LogP contribution in [0.2, 0.25) is 0 Å². The van der Waals surface area contributed by atoms with Crippen molar-refractivity contribution in [3.05, 3.63) is 57.1 Å². The number of aryl methyl sites for hydroxylation is 2. The van der Waals surface area contributed by atoms with Gasteiger partial charge in [0.2, 0.25) is 0 Å². The van der Waals surface area contributed by atoms with E-state index in [0.29, 0.717) is 22.6 Å². The van der Waals surface area contributed by atoms with Gasteiger partial charge in [-0.25, -0.2) is 4.79 Å². The van der Waals surface area contributed by atoms with Crippen LogP contribution in [-0.4, -0.2) is 12.5 Å². The summed E-state index contributed by atoms with van der Waals surface area (Å²) in [5, 5.41) is 2.62. The smallest absolute Gasteiger partial charge is 0.387 e. The zero-order valence-electron chi connectivity index (χ0n) is 14.5. The summed E-state index contributed by atoms with van der Waals surface area (Å²) in [7, 11) is 0. The minimum atomic E-state index is -2.92. The Bertz CT molecular complexity index is 888. The lowest BCUT2D eigenvalue weighted by atomic mass is 9.83. The number of benzene rings is 1. The minimum absolute atomic E-state index is 0.00366. The van der Waals surface area contributed by atoms with Gasteiger partial charge in [0.15, 0.2) is 0 Å². The molecule has 0 aliphatic heterocycles. The van der Waals surface area contributed by atoms with Gasteiger partial charge in [0.1, 0.15) is 17.1 Å². The highest BCUT2D eigenvalue weighted by Crippen LogP contribution is 2.36. The third-order valence-electron chi connectivity index (χ3n) is 4.57. The molecule has 1 aliphatic carbocycles. The Hall–Kier alpha value is -2.70.